The molecule has 4 aliphatic carbocycles. The first-order chi connectivity index (χ1) is 13.6. The maximum absolute atomic E-state index is 13.2. The lowest BCUT2D eigenvalue weighted by Gasteiger charge is -2.55. The van der Waals surface area contributed by atoms with Crippen LogP contribution < -0.4 is 14.8 Å². The Morgan fingerprint density at radius 3 is 2.32 bits per heavy atom. The van der Waals surface area contributed by atoms with Gasteiger partial charge in [0.2, 0.25) is 5.91 Å². The summed E-state index contributed by atoms with van der Waals surface area (Å²) in [5.41, 5.74) is 1.64. The number of amides is 1. The molecule has 2 aromatic rings. The van der Waals surface area contributed by atoms with E-state index in [9.17, 15) is 4.79 Å². The quantitative estimate of drug-likeness (QED) is 0.771. The number of thiazole rings is 1. The van der Waals surface area contributed by atoms with Gasteiger partial charge in [0.05, 0.1) is 25.3 Å². The van der Waals surface area contributed by atoms with Gasteiger partial charge in [0.15, 0.2) is 16.6 Å². The van der Waals surface area contributed by atoms with Gasteiger partial charge in [-0.1, -0.05) is 0 Å². The second-order valence-corrected chi connectivity index (χ2v) is 9.62. The second-order valence-electron chi connectivity index (χ2n) is 8.76. The number of methoxy groups -OCH3 is 2. The predicted molar refractivity (Wildman–Crippen MR) is 110 cm³/mol. The highest BCUT2D eigenvalue weighted by atomic mass is 32.1. The summed E-state index contributed by atoms with van der Waals surface area (Å²) in [6.45, 7) is 0. The third-order valence-corrected chi connectivity index (χ3v) is 7.68. The van der Waals surface area contributed by atoms with Crippen LogP contribution in [0.15, 0.2) is 23.6 Å². The van der Waals surface area contributed by atoms with E-state index in [1.165, 1.54) is 30.6 Å². The fourth-order valence-corrected chi connectivity index (χ4v) is 6.79. The minimum Gasteiger partial charge on any atom is -0.493 e. The number of carbonyl (C=O) groups is 1. The van der Waals surface area contributed by atoms with Crippen LogP contribution in [0, 0.1) is 23.2 Å². The highest BCUT2D eigenvalue weighted by molar-refractivity contribution is 7.14. The van der Waals surface area contributed by atoms with Gasteiger partial charge in [0.1, 0.15) is 0 Å². The fraction of sp³-hybridized carbons (Fsp3) is 0.545. The Kier molecular flexibility index (Phi) is 4.34. The van der Waals surface area contributed by atoms with Gasteiger partial charge in [-0.3, -0.25) is 4.79 Å². The topological polar surface area (TPSA) is 60.5 Å². The molecule has 4 bridgehead atoms. The predicted octanol–water partition coefficient (Wildman–Crippen LogP) is 4.98. The lowest BCUT2D eigenvalue weighted by Crippen LogP contribution is -2.51. The summed E-state index contributed by atoms with van der Waals surface area (Å²) in [5.74, 6) is 3.84. The van der Waals surface area contributed by atoms with Crippen molar-refractivity contribution in [3.8, 4) is 22.8 Å². The Balaban J connectivity index is 1.34. The lowest BCUT2D eigenvalue weighted by atomic mass is 9.49. The molecule has 0 atom stereocenters. The number of aromatic nitrogens is 1. The molecule has 0 saturated heterocycles. The van der Waals surface area contributed by atoms with Crippen molar-refractivity contribution in [3.63, 3.8) is 0 Å². The molecule has 1 N–H and O–H groups in total. The zero-order valence-electron chi connectivity index (χ0n) is 16.4. The second kappa shape index (κ2) is 6.76. The Morgan fingerprint density at radius 2 is 1.71 bits per heavy atom. The number of rotatable bonds is 5. The molecule has 28 heavy (non-hydrogen) atoms. The van der Waals surface area contributed by atoms with Gasteiger partial charge in [-0.05, 0) is 74.5 Å². The summed E-state index contributed by atoms with van der Waals surface area (Å²) >= 11 is 1.49. The van der Waals surface area contributed by atoms with Gasteiger partial charge < -0.3 is 14.8 Å². The molecule has 1 aromatic carbocycles. The molecule has 0 aliphatic heterocycles. The van der Waals surface area contributed by atoms with Gasteiger partial charge in [0, 0.05) is 10.9 Å². The van der Waals surface area contributed by atoms with Crippen LogP contribution >= 0.6 is 11.3 Å². The van der Waals surface area contributed by atoms with E-state index in [0.29, 0.717) is 16.6 Å². The number of ether oxygens (including phenoxy) is 2. The van der Waals surface area contributed by atoms with E-state index in [4.69, 9.17) is 9.47 Å². The van der Waals surface area contributed by atoms with Gasteiger partial charge >= 0.3 is 0 Å². The van der Waals surface area contributed by atoms with Gasteiger partial charge in [-0.2, -0.15) is 0 Å². The molecule has 0 spiro atoms. The molecule has 4 aliphatic rings. The Bertz CT molecular complexity index is 872. The lowest BCUT2D eigenvalue weighted by molar-refractivity contribution is -0.140. The summed E-state index contributed by atoms with van der Waals surface area (Å²) in [6, 6.07) is 5.75. The minimum absolute atomic E-state index is 0.149. The molecule has 4 fully saturated rings. The average Bonchev–Trinajstić information content (AvgIpc) is 3.15. The molecular formula is C22H26N2O3S. The SMILES string of the molecule is COc1ccc(-c2csc(NC(=O)C34CC5CC(CC(C5)C3)C4)n2)cc1OC. The van der Waals surface area contributed by atoms with Crippen molar-refractivity contribution in [1.82, 2.24) is 4.98 Å². The van der Waals surface area contributed by atoms with E-state index in [0.717, 1.165) is 48.3 Å². The highest BCUT2D eigenvalue weighted by Gasteiger charge is 2.54. The molecule has 148 valence electrons. The normalized spacial score (nSPS) is 30.3. The number of hydrogen-bond donors (Lipinski definition) is 1. The van der Waals surface area contributed by atoms with Crippen LogP contribution in [-0.4, -0.2) is 25.1 Å². The maximum Gasteiger partial charge on any atom is 0.232 e. The smallest absolute Gasteiger partial charge is 0.232 e. The highest BCUT2D eigenvalue weighted by Crippen LogP contribution is 2.60. The van der Waals surface area contributed by atoms with E-state index in [-0.39, 0.29) is 11.3 Å². The molecule has 1 amide bonds. The summed E-state index contributed by atoms with van der Waals surface area (Å²) in [6.07, 6.45) is 7.23. The van der Waals surface area contributed by atoms with Crippen LogP contribution in [0.3, 0.4) is 0 Å². The van der Waals surface area contributed by atoms with Crippen molar-refractivity contribution >= 4 is 22.4 Å². The molecule has 4 saturated carbocycles. The molecule has 0 unspecified atom stereocenters. The number of carbonyl (C=O) groups excluding carboxylic acids is 1. The van der Waals surface area contributed by atoms with E-state index >= 15 is 0 Å². The summed E-state index contributed by atoms with van der Waals surface area (Å²) < 4.78 is 10.7. The Hall–Kier alpha value is -2.08. The Labute approximate surface area is 169 Å². The third kappa shape index (κ3) is 2.98. The van der Waals surface area contributed by atoms with Crippen molar-refractivity contribution < 1.29 is 14.3 Å². The van der Waals surface area contributed by atoms with Crippen LogP contribution in [0.5, 0.6) is 11.5 Å². The van der Waals surface area contributed by atoms with E-state index in [1.54, 1.807) is 14.2 Å². The molecule has 6 rings (SSSR count). The largest absolute Gasteiger partial charge is 0.493 e. The summed E-state index contributed by atoms with van der Waals surface area (Å²) in [5, 5.41) is 5.82. The van der Waals surface area contributed by atoms with Gasteiger partial charge in [0.25, 0.3) is 0 Å². The minimum atomic E-state index is -0.149. The van der Waals surface area contributed by atoms with Crippen LogP contribution in [0.2, 0.25) is 0 Å². The van der Waals surface area contributed by atoms with E-state index < -0.39 is 0 Å². The van der Waals surface area contributed by atoms with Crippen LogP contribution in [-0.2, 0) is 4.79 Å². The van der Waals surface area contributed by atoms with Crippen LogP contribution in [0.4, 0.5) is 5.13 Å². The van der Waals surface area contributed by atoms with Crippen LogP contribution in [0.25, 0.3) is 11.3 Å². The fourth-order valence-electron chi connectivity index (χ4n) is 6.08. The van der Waals surface area contributed by atoms with Gasteiger partial charge in [-0.25, -0.2) is 4.98 Å². The van der Waals surface area contributed by atoms with E-state index in [1.807, 2.05) is 23.6 Å². The number of nitrogens with one attached hydrogen (secondary N) is 1. The Morgan fingerprint density at radius 1 is 1.07 bits per heavy atom. The molecular weight excluding hydrogens is 372 g/mol. The molecule has 5 nitrogen and oxygen atoms in total. The standard InChI is InChI=1S/C22H26N2O3S/c1-26-18-4-3-16(8-19(18)27-2)17-12-28-21(23-17)24-20(25)22-9-13-5-14(10-22)7-15(6-13)11-22/h3-4,8,12-15H,5-7,9-11H2,1-2H3,(H,23,24,25). The molecule has 0 radical (unpaired) electrons. The first-order valence-corrected chi connectivity index (χ1v) is 11.0. The van der Waals surface area contributed by atoms with E-state index in [2.05, 4.69) is 10.3 Å². The zero-order valence-corrected chi connectivity index (χ0v) is 17.2. The van der Waals surface area contributed by atoms with Crippen LogP contribution in [0.1, 0.15) is 38.5 Å². The monoisotopic (exact) mass is 398 g/mol. The third-order valence-electron chi connectivity index (χ3n) is 6.92. The first-order valence-electron chi connectivity index (χ1n) is 10.1. The number of benzene rings is 1. The summed E-state index contributed by atoms with van der Waals surface area (Å²) in [4.78, 5) is 17.9. The number of nitrogens with zero attached hydrogens (tertiary/aromatic N) is 1. The van der Waals surface area contributed by atoms with Crippen molar-refractivity contribution in [1.29, 1.82) is 0 Å². The van der Waals surface area contributed by atoms with Crippen molar-refractivity contribution in [3.05, 3.63) is 23.6 Å². The molecule has 1 aromatic heterocycles. The molecule has 6 heteroatoms. The van der Waals surface area contributed by atoms with Crippen molar-refractivity contribution in [2.75, 3.05) is 19.5 Å². The number of anilines is 1. The molecule has 1 heterocycles. The summed E-state index contributed by atoms with van der Waals surface area (Å²) in [7, 11) is 3.25. The van der Waals surface area contributed by atoms with Crippen molar-refractivity contribution in [2.24, 2.45) is 23.2 Å². The first kappa shape index (κ1) is 18.0. The average molecular weight is 399 g/mol. The number of hydrogen-bond acceptors (Lipinski definition) is 5. The van der Waals surface area contributed by atoms with Crippen molar-refractivity contribution in [2.45, 2.75) is 38.5 Å². The van der Waals surface area contributed by atoms with Gasteiger partial charge in [-0.15, -0.1) is 11.3 Å². The zero-order chi connectivity index (χ0) is 19.3. The maximum atomic E-state index is 13.2.